The van der Waals surface area contributed by atoms with Crippen molar-refractivity contribution in [3.63, 3.8) is 0 Å². The zero-order valence-corrected chi connectivity index (χ0v) is 8.69. The number of hydrogen-bond acceptors (Lipinski definition) is 2. The lowest BCUT2D eigenvalue weighted by atomic mass is 10.3. The second kappa shape index (κ2) is 4.77. The van der Waals surface area contributed by atoms with Gasteiger partial charge in [-0.3, -0.25) is 4.99 Å². The van der Waals surface area contributed by atoms with Crippen LogP contribution in [0.4, 0.5) is 5.82 Å². The lowest BCUT2D eigenvalue weighted by Crippen LogP contribution is -2.23. The van der Waals surface area contributed by atoms with Gasteiger partial charge < -0.3 is 11.1 Å². The number of hydrogen-bond donors (Lipinski definition) is 2. The van der Waals surface area contributed by atoms with E-state index in [4.69, 9.17) is 5.73 Å². The summed E-state index contributed by atoms with van der Waals surface area (Å²) in [5, 5.41) is 2.95. The van der Waals surface area contributed by atoms with Crippen LogP contribution in [0.25, 0.3) is 0 Å². The van der Waals surface area contributed by atoms with Crippen LogP contribution in [0.15, 0.2) is 29.4 Å². The Balaban J connectivity index is 1.77. The van der Waals surface area contributed by atoms with Gasteiger partial charge in [-0.05, 0) is 24.5 Å². The van der Waals surface area contributed by atoms with E-state index in [1.165, 1.54) is 12.8 Å². The lowest BCUT2D eigenvalue weighted by molar-refractivity contribution is 0.739. The number of rotatable bonds is 4. The average Bonchev–Trinajstić information content (AvgIpc) is 3.03. The van der Waals surface area contributed by atoms with Gasteiger partial charge >= 0.3 is 0 Å². The first-order chi connectivity index (χ1) is 7.34. The summed E-state index contributed by atoms with van der Waals surface area (Å²) in [7, 11) is 0. The van der Waals surface area contributed by atoms with E-state index in [0.29, 0.717) is 5.96 Å². The third kappa shape index (κ3) is 3.58. The molecule has 1 aromatic heterocycles. The predicted molar refractivity (Wildman–Crippen MR) is 61.7 cm³/mol. The fraction of sp³-hybridized carbons (Fsp3) is 0.455. The number of anilines is 1. The van der Waals surface area contributed by atoms with Gasteiger partial charge in [0.15, 0.2) is 5.96 Å². The van der Waals surface area contributed by atoms with Crippen LogP contribution in [0.2, 0.25) is 0 Å². The van der Waals surface area contributed by atoms with Crippen molar-refractivity contribution in [2.45, 2.75) is 19.3 Å². The van der Waals surface area contributed by atoms with Crippen LogP contribution in [0, 0.1) is 5.92 Å². The SMILES string of the molecule is NC(=NCCC1CC1)Nc1ccccn1. The number of guanidine groups is 1. The smallest absolute Gasteiger partial charge is 0.194 e. The Bertz CT molecular complexity index is 330. The Labute approximate surface area is 89.6 Å². The largest absolute Gasteiger partial charge is 0.370 e. The number of nitrogens with one attached hydrogen (secondary N) is 1. The van der Waals surface area contributed by atoms with Crippen molar-refractivity contribution in [3.8, 4) is 0 Å². The quantitative estimate of drug-likeness (QED) is 0.578. The number of nitrogens with zero attached hydrogens (tertiary/aromatic N) is 2. The molecule has 0 aromatic carbocycles. The zero-order valence-electron chi connectivity index (χ0n) is 8.69. The van der Waals surface area contributed by atoms with E-state index in [1.807, 2.05) is 18.2 Å². The van der Waals surface area contributed by atoms with Crippen molar-refractivity contribution in [2.24, 2.45) is 16.6 Å². The topological polar surface area (TPSA) is 63.3 Å². The van der Waals surface area contributed by atoms with Gasteiger partial charge in [0.25, 0.3) is 0 Å². The highest BCUT2D eigenvalue weighted by Crippen LogP contribution is 2.32. The monoisotopic (exact) mass is 204 g/mol. The van der Waals surface area contributed by atoms with Gasteiger partial charge in [-0.1, -0.05) is 18.9 Å². The number of pyridine rings is 1. The van der Waals surface area contributed by atoms with E-state index in [1.54, 1.807) is 6.20 Å². The summed E-state index contributed by atoms with van der Waals surface area (Å²) in [6, 6.07) is 5.64. The minimum atomic E-state index is 0.453. The summed E-state index contributed by atoms with van der Waals surface area (Å²) in [4.78, 5) is 8.35. The second-order valence-electron chi connectivity index (χ2n) is 3.84. The van der Waals surface area contributed by atoms with Crippen LogP contribution < -0.4 is 11.1 Å². The maximum atomic E-state index is 5.71. The summed E-state index contributed by atoms with van der Waals surface area (Å²) in [5.74, 6) is 2.09. The molecule has 80 valence electrons. The molecule has 1 aliphatic carbocycles. The van der Waals surface area contributed by atoms with Crippen LogP contribution in [0.5, 0.6) is 0 Å². The molecule has 0 unspecified atom stereocenters. The zero-order chi connectivity index (χ0) is 10.5. The Kier molecular flexibility index (Phi) is 3.17. The summed E-state index contributed by atoms with van der Waals surface area (Å²) in [5.41, 5.74) is 5.71. The minimum Gasteiger partial charge on any atom is -0.370 e. The molecule has 0 spiro atoms. The highest BCUT2D eigenvalue weighted by Gasteiger charge is 2.19. The maximum absolute atomic E-state index is 5.71. The predicted octanol–water partition coefficient (Wildman–Crippen LogP) is 1.61. The molecule has 1 aromatic rings. The standard InChI is InChI=1S/C11H16N4/c12-11(14-8-6-9-4-5-9)15-10-3-1-2-7-13-10/h1-3,7,9H,4-6,8H2,(H3,12,13,14,15). The van der Waals surface area contributed by atoms with Gasteiger partial charge in [0.2, 0.25) is 0 Å². The molecular weight excluding hydrogens is 188 g/mol. The van der Waals surface area contributed by atoms with Crippen molar-refractivity contribution in [1.82, 2.24) is 4.98 Å². The van der Waals surface area contributed by atoms with E-state index in [-0.39, 0.29) is 0 Å². The van der Waals surface area contributed by atoms with Crippen LogP contribution in [0.3, 0.4) is 0 Å². The molecule has 1 fully saturated rings. The molecule has 2 rings (SSSR count). The Morgan fingerprint density at radius 1 is 1.53 bits per heavy atom. The second-order valence-corrected chi connectivity index (χ2v) is 3.84. The van der Waals surface area contributed by atoms with E-state index in [0.717, 1.165) is 24.7 Å². The molecular formula is C11H16N4. The molecule has 0 aliphatic heterocycles. The van der Waals surface area contributed by atoms with Crippen molar-refractivity contribution in [1.29, 1.82) is 0 Å². The minimum absolute atomic E-state index is 0.453. The highest BCUT2D eigenvalue weighted by atomic mass is 15.1. The molecule has 0 amide bonds. The summed E-state index contributed by atoms with van der Waals surface area (Å²) in [6.45, 7) is 0.816. The van der Waals surface area contributed by atoms with Gasteiger partial charge in [-0.25, -0.2) is 4.98 Å². The molecule has 4 nitrogen and oxygen atoms in total. The molecule has 0 bridgehead atoms. The first-order valence-electron chi connectivity index (χ1n) is 5.32. The van der Waals surface area contributed by atoms with Crippen LogP contribution >= 0.6 is 0 Å². The molecule has 0 saturated heterocycles. The van der Waals surface area contributed by atoms with Crippen LogP contribution in [-0.4, -0.2) is 17.5 Å². The average molecular weight is 204 g/mol. The Morgan fingerprint density at radius 3 is 3.07 bits per heavy atom. The first-order valence-corrected chi connectivity index (χ1v) is 5.32. The number of aliphatic imine (C=N–C) groups is 1. The van der Waals surface area contributed by atoms with Crippen LogP contribution in [0.1, 0.15) is 19.3 Å². The van der Waals surface area contributed by atoms with Crippen molar-refractivity contribution in [2.75, 3.05) is 11.9 Å². The third-order valence-electron chi connectivity index (χ3n) is 2.44. The molecule has 3 N–H and O–H groups in total. The number of nitrogens with two attached hydrogens (primary N) is 1. The van der Waals surface area contributed by atoms with Crippen molar-refractivity contribution < 1.29 is 0 Å². The van der Waals surface area contributed by atoms with Crippen molar-refractivity contribution in [3.05, 3.63) is 24.4 Å². The molecule has 15 heavy (non-hydrogen) atoms. The Morgan fingerprint density at radius 2 is 2.40 bits per heavy atom. The highest BCUT2D eigenvalue weighted by molar-refractivity contribution is 5.91. The summed E-state index contributed by atoms with van der Waals surface area (Å²) >= 11 is 0. The van der Waals surface area contributed by atoms with E-state index in [2.05, 4.69) is 15.3 Å². The summed E-state index contributed by atoms with van der Waals surface area (Å²) < 4.78 is 0. The molecule has 4 heteroatoms. The lowest BCUT2D eigenvalue weighted by Gasteiger charge is -2.03. The third-order valence-corrected chi connectivity index (χ3v) is 2.44. The van der Waals surface area contributed by atoms with Gasteiger partial charge in [0, 0.05) is 12.7 Å². The molecule has 0 radical (unpaired) electrons. The van der Waals surface area contributed by atoms with Gasteiger partial charge in [0.05, 0.1) is 0 Å². The fourth-order valence-electron chi connectivity index (χ4n) is 1.38. The molecule has 1 aliphatic rings. The Hall–Kier alpha value is -1.58. The van der Waals surface area contributed by atoms with Gasteiger partial charge in [-0.15, -0.1) is 0 Å². The normalized spacial score (nSPS) is 16.4. The van der Waals surface area contributed by atoms with E-state index in [9.17, 15) is 0 Å². The molecule has 1 heterocycles. The van der Waals surface area contributed by atoms with Gasteiger partial charge in [-0.2, -0.15) is 0 Å². The molecule has 0 atom stereocenters. The fourth-order valence-corrected chi connectivity index (χ4v) is 1.38. The van der Waals surface area contributed by atoms with E-state index >= 15 is 0 Å². The summed E-state index contributed by atoms with van der Waals surface area (Å²) in [6.07, 6.45) is 5.61. The first kappa shape index (κ1) is 9.96. The number of aromatic nitrogens is 1. The van der Waals surface area contributed by atoms with Crippen molar-refractivity contribution >= 4 is 11.8 Å². The van der Waals surface area contributed by atoms with Gasteiger partial charge in [0.1, 0.15) is 5.82 Å². The van der Waals surface area contributed by atoms with Crippen LogP contribution in [-0.2, 0) is 0 Å². The maximum Gasteiger partial charge on any atom is 0.194 e. The van der Waals surface area contributed by atoms with E-state index < -0.39 is 0 Å². The molecule has 1 saturated carbocycles.